The van der Waals surface area contributed by atoms with Crippen LogP contribution in [-0.4, -0.2) is 31.1 Å². The van der Waals surface area contributed by atoms with E-state index in [1.807, 2.05) is 0 Å². The Labute approximate surface area is 161 Å². The largest absolute Gasteiger partial charge is 0.507 e. The molecule has 28 heavy (non-hydrogen) atoms. The molecule has 4 rings (SSSR count). The smallest absolute Gasteiger partial charge is 0.245 e. The number of anilines is 2. The highest BCUT2D eigenvalue weighted by Gasteiger charge is 2.21. The molecule has 0 saturated heterocycles. The van der Waals surface area contributed by atoms with Gasteiger partial charge in [0.15, 0.2) is 5.82 Å². The molecular weight excluding hydrogens is 389 g/mol. The summed E-state index contributed by atoms with van der Waals surface area (Å²) in [6.07, 6.45) is 0. The highest BCUT2D eigenvalue weighted by molar-refractivity contribution is 6.31. The quantitative estimate of drug-likeness (QED) is 0.271. The summed E-state index contributed by atoms with van der Waals surface area (Å²) >= 11 is 5.84. The van der Waals surface area contributed by atoms with Gasteiger partial charge in [0.25, 0.3) is 0 Å². The predicted molar refractivity (Wildman–Crippen MR) is 100 cm³/mol. The van der Waals surface area contributed by atoms with Gasteiger partial charge in [-0.2, -0.15) is 5.10 Å². The molecule has 0 fully saturated rings. The molecule has 0 bridgehead atoms. The van der Waals surface area contributed by atoms with Crippen molar-refractivity contribution in [1.29, 1.82) is 0 Å². The second-order valence-corrected chi connectivity index (χ2v) is 5.99. The van der Waals surface area contributed by atoms with Crippen LogP contribution in [0.25, 0.3) is 11.3 Å². The zero-order valence-electron chi connectivity index (χ0n) is 14.0. The van der Waals surface area contributed by atoms with Gasteiger partial charge in [-0.25, -0.2) is 19.0 Å². The fourth-order valence-corrected chi connectivity index (χ4v) is 2.71. The van der Waals surface area contributed by atoms with E-state index in [-0.39, 0.29) is 39.3 Å². The third-order valence-electron chi connectivity index (χ3n) is 3.81. The first-order valence-electron chi connectivity index (χ1n) is 7.86. The van der Waals surface area contributed by atoms with Crippen LogP contribution in [0, 0.1) is 5.82 Å². The van der Waals surface area contributed by atoms with Crippen LogP contribution >= 0.6 is 11.6 Å². The van der Waals surface area contributed by atoms with Crippen LogP contribution in [-0.2, 0) is 0 Å². The summed E-state index contributed by atoms with van der Waals surface area (Å²) in [5.74, 6) is 5.15. The zero-order chi connectivity index (χ0) is 19.7. The number of nitrogens with zero attached hydrogens (tertiary/aromatic N) is 5. The maximum absolute atomic E-state index is 13.5. The highest BCUT2D eigenvalue weighted by atomic mass is 35.5. The average Bonchev–Trinajstić information content (AvgIpc) is 3.14. The van der Waals surface area contributed by atoms with E-state index in [0.29, 0.717) is 11.3 Å². The summed E-state index contributed by atoms with van der Waals surface area (Å²) in [7, 11) is 0. The number of hydrogen-bond acceptors (Lipinski definition) is 9. The molecule has 2 heterocycles. The number of nitrogens with one attached hydrogen (secondary N) is 1. The van der Waals surface area contributed by atoms with Crippen molar-refractivity contribution in [2.75, 3.05) is 5.32 Å². The highest BCUT2D eigenvalue weighted by Crippen LogP contribution is 2.27. The lowest BCUT2D eigenvalue weighted by atomic mass is 10.1. The standard InChI is InChI=1S/C17H11ClFN7O2/c18-10-7-8(5-6-11(10)19)21-15-14(22-16-17(23-15)26-28-25-16)13(24-20)9-3-1-2-4-12(9)27/h1-7,27H,20H2,(H,21,23,26)/b24-13+. The van der Waals surface area contributed by atoms with Gasteiger partial charge in [0, 0.05) is 11.3 Å². The molecule has 11 heteroatoms. The molecule has 2 aromatic carbocycles. The summed E-state index contributed by atoms with van der Waals surface area (Å²) in [4.78, 5) is 8.65. The predicted octanol–water partition coefficient (Wildman–Crippen LogP) is 2.97. The lowest BCUT2D eigenvalue weighted by molar-refractivity contribution is 0.314. The van der Waals surface area contributed by atoms with E-state index in [1.54, 1.807) is 18.2 Å². The fraction of sp³-hybridized carbons (Fsp3) is 0. The van der Waals surface area contributed by atoms with Crippen LogP contribution in [0.4, 0.5) is 15.9 Å². The number of phenols is 1. The number of fused-ring (bicyclic) bond motifs is 1. The first kappa shape index (κ1) is 17.6. The van der Waals surface area contributed by atoms with Gasteiger partial charge in [0.05, 0.1) is 5.02 Å². The van der Waals surface area contributed by atoms with E-state index in [9.17, 15) is 9.50 Å². The van der Waals surface area contributed by atoms with Crippen LogP contribution < -0.4 is 11.2 Å². The number of phenolic OH excluding ortho intramolecular Hbond substituents is 1. The van der Waals surface area contributed by atoms with Crippen molar-refractivity contribution in [3.8, 4) is 5.75 Å². The van der Waals surface area contributed by atoms with E-state index in [0.717, 1.165) is 0 Å². The SMILES string of the molecule is N/N=C(\c1ccccc1O)c1nc2nonc2nc1Nc1ccc(F)c(Cl)c1. The molecule has 2 aromatic heterocycles. The number of aromatic nitrogens is 4. The summed E-state index contributed by atoms with van der Waals surface area (Å²) in [6.45, 7) is 0. The van der Waals surface area contributed by atoms with Crippen molar-refractivity contribution in [2.45, 2.75) is 0 Å². The molecule has 0 aliphatic rings. The molecule has 4 aromatic rings. The summed E-state index contributed by atoms with van der Waals surface area (Å²) in [6, 6.07) is 10.5. The molecule has 0 aliphatic carbocycles. The Morgan fingerprint density at radius 3 is 2.61 bits per heavy atom. The minimum absolute atomic E-state index is 0.0531. The molecule has 140 valence electrons. The van der Waals surface area contributed by atoms with Crippen LogP contribution in [0.2, 0.25) is 5.02 Å². The molecular formula is C17H11ClFN7O2. The Bertz CT molecular complexity index is 1210. The monoisotopic (exact) mass is 399 g/mol. The summed E-state index contributed by atoms with van der Waals surface area (Å²) < 4.78 is 18.1. The van der Waals surface area contributed by atoms with Crippen LogP contribution in [0.3, 0.4) is 0 Å². The Morgan fingerprint density at radius 2 is 1.89 bits per heavy atom. The number of nitrogens with two attached hydrogens (primary N) is 1. The Kier molecular flexibility index (Phi) is 4.45. The van der Waals surface area contributed by atoms with Crippen LogP contribution in [0.15, 0.2) is 52.2 Å². The van der Waals surface area contributed by atoms with Gasteiger partial charge in [-0.15, -0.1) is 0 Å². The van der Waals surface area contributed by atoms with Crippen molar-refractivity contribution in [1.82, 2.24) is 20.3 Å². The van der Waals surface area contributed by atoms with Crippen molar-refractivity contribution in [2.24, 2.45) is 10.9 Å². The zero-order valence-corrected chi connectivity index (χ0v) is 14.7. The van der Waals surface area contributed by atoms with Crippen molar-refractivity contribution in [3.63, 3.8) is 0 Å². The summed E-state index contributed by atoms with van der Waals surface area (Å²) in [5, 5.41) is 24.2. The van der Waals surface area contributed by atoms with Crippen molar-refractivity contribution in [3.05, 3.63) is 64.6 Å². The Balaban J connectivity index is 1.88. The molecule has 0 amide bonds. The lowest BCUT2D eigenvalue weighted by Crippen LogP contribution is -2.13. The Morgan fingerprint density at radius 1 is 1.14 bits per heavy atom. The van der Waals surface area contributed by atoms with Crippen molar-refractivity contribution < 1.29 is 14.1 Å². The van der Waals surface area contributed by atoms with Gasteiger partial charge in [-0.3, -0.25) is 0 Å². The first-order valence-corrected chi connectivity index (χ1v) is 8.23. The molecule has 0 spiro atoms. The number of hydrogen-bond donors (Lipinski definition) is 3. The minimum atomic E-state index is -0.562. The molecule has 0 unspecified atom stereocenters. The molecule has 0 aliphatic heterocycles. The molecule has 0 radical (unpaired) electrons. The number of hydrazone groups is 1. The normalized spacial score (nSPS) is 11.7. The molecule has 0 atom stereocenters. The third-order valence-corrected chi connectivity index (χ3v) is 4.10. The molecule has 9 nitrogen and oxygen atoms in total. The van der Waals surface area contributed by atoms with E-state index in [4.69, 9.17) is 17.4 Å². The van der Waals surface area contributed by atoms with Gasteiger partial charge >= 0.3 is 0 Å². The molecule has 0 saturated carbocycles. The van der Waals surface area contributed by atoms with Gasteiger partial charge < -0.3 is 16.3 Å². The van der Waals surface area contributed by atoms with E-state index in [1.165, 1.54) is 24.3 Å². The Hall–Kier alpha value is -3.79. The number of halogens is 2. The topological polar surface area (TPSA) is 135 Å². The first-order chi connectivity index (χ1) is 13.6. The third kappa shape index (κ3) is 3.16. The van der Waals surface area contributed by atoms with Gasteiger partial charge in [0.2, 0.25) is 11.3 Å². The maximum Gasteiger partial charge on any atom is 0.245 e. The van der Waals surface area contributed by atoms with Crippen LogP contribution in [0.5, 0.6) is 5.75 Å². The maximum atomic E-state index is 13.5. The fourth-order valence-electron chi connectivity index (χ4n) is 2.53. The van der Waals surface area contributed by atoms with Crippen molar-refractivity contribution >= 4 is 40.1 Å². The number of aromatic hydroxyl groups is 1. The van der Waals surface area contributed by atoms with Gasteiger partial charge in [0.1, 0.15) is 23.0 Å². The summed E-state index contributed by atoms with van der Waals surface area (Å²) in [5.41, 5.74) is 1.34. The minimum Gasteiger partial charge on any atom is -0.507 e. The van der Waals surface area contributed by atoms with E-state index < -0.39 is 5.82 Å². The second-order valence-electron chi connectivity index (χ2n) is 5.58. The van der Waals surface area contributed by atoms with Crippen LogP contribution in [0.1, 0.15) is 11.3 Å². The van der Waals surface area contributed by atoms with Gasteiger partial charge in [-0.1, -0.05) is 23.7 Å². The van der Waals surface area contributed by atoms with E-state index >= 15 is 0 Å². The van der Waals surface area contributed by atoms with E-state index in [2.05, 4.69) is 35.3 Å². The number of para-hydroxylation sites is 1. The lowest BCUT2D eigenvalue weighted by Gasteiger charge is -2.12. The molecule has 4 N–H and O–H groups in total. The van der Waals surface area contributed by atoms with Gasteiger partial charge in [-0.05, 0) is 40.6 Å². The number of rotatable bonds is 4. The number of benzene rings is 2. The second kappa shape index (κ2) is 7.08. The average molecular weight is 400 g/mol.